The van der Waals surface area contributed by atoms with Gasteiger partial charge in [0.2, 0.25) is 0 Å². The average Bonchev–Trinajstić information content (AvgIpc) is 2.90. The molecule has 1 aliphatic rings. The second-order valence-corrected chi connectivity index (χ2v) is 7.08. The molecule has 0 fully saturated rings. The zero-order valence-electron chi connectivity index (χ0n) is 13.6. The van der Waals surface area contributed by atoms with Crippen molar-refractivity contribution in [3.8, 4) is 10.4 Å². The summed E-state index contributed by atoms with van der Waals surface area (Å²) in [4.78, 5) is 24.1. The lowest BCUT2D eigenvalue weighted by Gasteiger charge is -2.18. The Labute approximate surface area is 145 Å². The molecule has 0 saturated carbocycles. The normalized spacial score (nSPS) is 12.4. The number of unbranched alkanes of at least 4 members (excludes halogenated alkanes) is 1. The number of nitrogens with one attached hydrogen (secondary N) is 1. The summed E-state index contributed by atoms with van der Waals surface area (Å²) < 4.78 is 0. The van der Waals surface area contributed by atoms with Crippen LogP contribution in [-0.4, -0.2) is 11.9 Å². The molecule has 5 nitrogen and oxygen atoms in total. The summed E-state index contributed by atoms with van der Waals surface area (Å²) in [5.74, 6) is -0.528. The molecule has 3 amide bonds. The minimum Gasteiger partial charge on any atom is -0.365 e. The van der Waals surface area contributed by atoms with Gasteiger partial charge in [-0.15, -0.1) is 11.3 Å². The van der Waals surface area contributed by atoms with Crippen molar-refractivity contribution >= 4 is 28.3 Å². The highest BCUT2D eigenvalue weighted by molar-refractivity contribution is 7.20. The number of fused-ring (bicyclic) bond motifs is 3. The number of benzene rings is 1. The third-order valence-electron chi connectivity index (χ3n) is 4.37. The van der Waals surface area contributed by atoms with Crippen molar-refractivity contribution in [1.82, 2.24) is 0 Å². The standard InChI is InChI=1S/C18H21N3O2S/c1-2-3-4-10-5-7-12-11(9-10)6-8-13-14(16(19)22)17(21-18(20)23)24-15(12)13/h5,7,9H,2-4,6,8H2,1H3,(H2,19,22)(H3,20,21,23). The number of hydrogen-bond donors (Lipinski definition) is 3. The molecule has 5 N–H and O–H groups in total. The fourth-order valence-electron chi connectivity index (χ4n) is 3.25. The largest absolute Gasteiger partial charge is 0.365 e. The molecule has 24 heavy (non-hydrogen) atoms. The summed E-state index contributed by atoms with van der Waals surface area (Å²) in [6.45, 7) is 2.19. The Morgan fingerprint density at radius 2 is 2.04 bits per heavy atom. The van der Waals surface area contributed by atoms with Crippen molar-refractivity contribution in [2.45, 2.75) is 39.0 Å². The van der Waals surface area contributed by atoms with Gasteiger partial charge in [0.1, 0.15) is 5.00 Å². The van der Waals surface area contributed by atoms with Gasteiger partial charge in [-0.05, 0) is 47.9 Å². The van der Waals surface area contributed by atoms with Crippen molar-refractivity contribution in [3.63, 3.8) is 0 Å². The molecule has 1 aliphatic carbocycles. The third kappa shape index (κ3) is 3.01. The summed E-state index contributed by atoms with van der Waals surface area (Å²) in [6, 6.07) is 5.84. The Kier molecular flexibility index (Phi) is 4.57. The Bertz CT molecular complexity index is 811. The summed E-state index contributed by atoms with van der Waals surface area (Å²) in [7, 11) is 0. The molecule has 1 aromatic heterocycles. The van der Waals surface area contributed by atoms with Crippen LogP contribution in [0.15, 0.2) is 18.2 Å². The maximum absolute atomic E-state index is 11.9. The molecular formula is C18H21N3O2S. The highest BCUT2D eigenvalue weighted by atomic mass is 32.1. The maximum atomic E-state index is 11.9. The van der Waals surface area contributed by atoms with E-state index in [0.29, 0.717) is 10.6 Å². The number of carbonyl (C=O) groups is 2. The van der Waals surface area contributed by atoms with Crippen LogP contribution in [0.3, 0.4) is 0 Å². The van der Waals surface area contributed by atoms with Crippen molar-refractivity contribution in [3.05, 3.63) is 40.5 Å². The monoisotopic (exact) mass is 343 g/mol. The van der Waals surface area contributed by atoms with Crippen LogP contribution < -0.4 is 16.8 Å². The lowest BCUT2D eigenvalue weighted by Crippen LogP contribution is -2.22. The first kappa shape index (κ1) is 16.5. The van der Waals surface area contributed by atoms with E-state index in [4.69, 9.17) is 11.5 Å². The van der Waals surface area contributed by atoms with E-state index in [1.54, 1.807) is 0 Å². The molecule has 0 spiro atoms. The number of thiophene rings is 1. The number of anilines is 1. The van der Waals surface area contributed by atoms with Gasteiger partial charge < -0.3 is 11.5 Å². The lowest BCUT2D eigenvalue weighted by molar-refractivity contribution is 0.100. The third-order valence-corrected chi connectivity index (χ3v) is 5.55. The predicted molar refractivity (Wildman–Crippen MR) is 97.5 cm³/mol. The molecule has 1 aromatic carbocycles. The second-order valence-electron chi connectivity index (χ2n) is 6.06. The van der Waals surface area contributed by atoms with Crippen LogP contribution in [0.5, 0.6) is 0 Å². The Morgan fingerprint density at radius 1 is 1.25 bits per heavy atom. The topological polar surface area (TPSA) is 98.2 Å². The van der Waals surface area contributed by atoms with Gasteiger partial charge in [0, 0.05) is 4.88 Å². The number of primary amides is 2. The van der Waals surface area contributed by atoms with Gasteiger partial charge in [0.05, 0.1) is 5.56 Å². The fourth-order valence-corrected chi connectivity index (χ4v) is 4.57. The van der Waals surface area contributed by atoms with Gasteiger partial charge in [-0.25, -0.2) is 4.79 Å². The SMILES string of the molecule is CCCCc1ccc2c(c1)CCc1c-2sc(NC(N)=O)c1C(N)=O. The Balaban J connectivity index is 2.05. The molecule has 2 aromatic rings. The van der Waals surface area contributed by atoms with E-state index in [-0.39, 0.29) is 0 Å². The first-order chi connectivity index (χ1) is 11.5. The van der Waals surface area contributed by atoms with E-state index in [9.17, 15) is 9.59 Å². The molecule has 0 atom stereocenters. The molecule has 6 heteroatoms. The van der Waals surface area contributed by atoms with E-state index in [1.165, 1.54) is 35.3 Å². The second kappa shape index (κ2) is 6.65. The number of rotatable bonds is 5. The van der Waals surface area contributed by atoms with Gasteiger partial charge in [0.25, 0.3) is 5.91 Å². The first-order valence-corrected chi connectivity index (χ1v) is 8.97. The molecule has 0 aliphatic heterocycles. The lowest BCUT2D eigenvalue weighted by atomic mass is 9.87. The van der Waals surface area contributed by atoms with Crippen molar-refractivity contribution in [2.24, 2.45) is 11.5 Å². The first-order valence-electron chi connectivity index (χ1n) is 8.15. The van der Waals surface area contributed by atoms with E-state index in [0.717, 1.165) is 35.3 Å². The fraction of sp³-hybridized carbons (Fsp3) is 0.333. The number of urea groups is 1. The van der Waals surface area contributed by atoms with Gasteiger partial charge in [0.15, 0.2) is 0 Å². The molecule has 1 heterocycles. The van der Waals surface area contributed by atoms with Crippen LogP contribution in [0, 0.1) is 0 Å². The molecule has 0 unspecified atom stereocenters. The zero-order chi connectivity index (χ0) is 17.3. The van der Waals surface area contributed by atoms with E-state index in [1.807, 2.05) is 0 Å². The summed E-state index contributed by atoms with van der Waals surface area (Å²) in [5, 5.41) is 2.99. The smallest absolute Gasteiger partial charge is 0.317 e. The van der Waals surface area contributed by atoms with E-state index >= 15 is 0 Å². The van der Waals surface area contributed by atoms with Crippen molar-refractivity contribution in [2.75, 3.05) is 5.32 Å². The van der Waals surface area contributed by atoms with Crippen LogP contribution in [0.25, 0.3) is 10.4 Å². The van der Waals surface area contributed by atoms with Crippen LogP contribution in [-0.2, 0) is 19.3 Å². The van der Waals surface area contributed by atoms with Gasteiger partial charge in [-0.1, -0.05) is 31.5 Å². The number of carbonyl (C=O) groups excluding carboxylic acids is 2. The maximum Gasteiger partial charge on any atom is 0.317 e. The summed E-state index contributed by atoms with van der Waals surface area (Å²) >= 11 is 1.37. The van der Waals surface area contributed by atoms with E-state index in [2.05, 4.69) is 30.4 Å². The minimum atomic E-state index is -0.689. The highest BCUT2D eigenvalue weighted by Crippen LogP contribution is 2.45. The Hall–Kier alpha value is -2.34. The summed E-state index contributed by atoms with van der Waals surface area (Å²) in [6.07, 6.45) is 5.06. The van der Waals surface area contributed by atoms with Gasteiger partial charge in [-0.2, -0.15) is 0 Å². The molecule has 0 saturated heterocycles. The quantitative estimate of drug-likeness (QED) is 0.775. The molecule has 126 valence electrons. The van der Waals surface area contributed by atoms with Crippen molar-refractivity contribution < 1.29 is 9.59 Å². The van der Waals surface area contributed by atoms with Crippen molar-refractivity contribution in [1.29, 1.82) is 0 Å². The minimum absolute atomic E-state index is 0.398. The predicted octanol–water partition coefficient (Wildman–Crippen LogP) is 3.45. The zero-order valence-corrected chi connectivity index (χ0v) is 14.5. The average molecular weight is 343 g/mol. The van der Waals surface area contributed by atoms with E-state index < -0.39 is 11.9 Å². The highest BCUT2D eigenvalue weighted by Gasteiger charge is 2.27. The number of hydrogen-bond acceptors (Lipinski definition) is 3. The molecule has 0 radical (unpaired) electrons. The van der Waals surface area contributed by atoms with Gasteiger partial charge >= 0.3 is 6.03 Å². The molecule has 0 bridgehead atoms. The molecular weight excluding hydrogens is 322 g/mol. The molecule has 3 rings (SSSR count). The number of amides is 3. The van der Waals surface area contributed by atoms with Gasteiger partial charge in [-0.3, -0.25) is 10.1 Å². The number of aryl methyl sites for hydroxylation is 2. The number of nitrogens with two attached hydrogens (primary N) is 2. The van der Waals surface area contributed by atoms with Crippen LogP contribution in [0.1, 0.15) is 46.8 Å². The summed E-state index contributed by atoms with van der Waals surface area (Å²) in [5.41, 5.74) is 15.8. The van der Waals surface area contributed by atoms with Crippen LogP contribution in [0.2, 0.25) is 0 Å². The van der Waals surface area contributed by atoms with Crippen LogP contribution in [0.4, 0.5) is 9.80 Å². The Morgan fingerprint density at radius 3 is 2.71 bits per heavy atom. The van der Waals surface area contributed by atoms with Crippen LogP contribution >= 0.6 is 11.3 Å².